The first-order chi connectivity index (χ1) is 16.2. The SMILES string of the molecule is COc1ncc(-c2ccnc3ccc(OC4CCN(C(=O)C5CCOC5)C4)cc23)cc1C#N. The Kier molecular flexibility index (Phi) is 5.80. The normalized spacial score (nSPS) is 20.1. The summed E-state index contributed by atoms with van der Waals surface area (Å²) in [5, 5.41) is 10.3. The number of aromatic nitrogens is 2. The van der Waals surface area contributed by atoms with Gasteiger partial charge in [0.15, 0.2) is 0 Å². The van der Waals surface area contributed by atoms with Gasteiger partial charge in [-0.1, -0.05) is 0 Å². The summed E-state index contributed by atoms with van der Waals surface area (Å²) in [6.45, 7) is 2.47. The van der Waals surface area contributed by atoms with Crippen LogP contribution in [-0.2, 0) is 9.53 Å². The quantitative estimate of drug-likeness (QED) is 0.596. The molecule has 0 radical (unpaired) electrons. The Bertz CT molecular complexity index is 1230. The molecule has 2 aromatic heterocycles. The molecular formula is C25H24N4O4. The van der Waals surface area contributed by atoms with E-state index in [4.69, 9.17) is 14.2 Å². The van der Waals surface area contributed by atoms with Gasteiger partial charge in [0.05, 0.1) is 31.7 Å². The Hall–Kier alpha value is -3.70. The van der Waals surface area contributed by atoms with Gasteiger partial charge in [-0.25, -0.2) is 4.98 Å². The Morgan fingerprint density at radius 3 is 2.94 bits per heavy atom. The zero-order valence-electron chi connectivity index (χ0n) is 18.4. The summed E-state index contributed by atoms with van der Waals surface area (Å²) in [6, 6.07) is 11.6. The molecule has 0 N–H and O–H groups in total. The minimum atomic E-state index is -0.0540. The maximum absolute atomic E-state index is 12.7. The first-order valence-electron chi connectivity index (χ1n) is 11.0. The summed E-state index contributed by atoms with van der Waals surface area (Å²) in [5.41, 5.74) is 2.89. The van der Waals surface area contributed by atoms with Crippen molar-refractivity contribution < 1.29 is 19.0 Å². The highest BCUT2D eigenvalue weighted by Gasteiger charge is 2.33. The summed E-state index contributed by atoms with van der Waals surface area (Å²) >= 11 is 0. The summed E-state index contributed by atoms with van der Waals surface area (Å²) < 4.78 is 16.8. The van der Waals surface area contributed by atoms with Crippen LogP contribution < -0.4 is 9.47 Å². The predicted octanol–water partition coefficient (Wildman–Crippen LogP) is 3.19. The van der Waals surface area contributed by atoms with Crippen LogP contribution in [0.2, 0.25) is 0 Å². The monoisotopic (exact) mass is 444 g/mol. The third-order valence-corrected chi connectivity index (χ3v) is 6.23. The molecule has 2 unspecified atom stereocenters. The van der Waals surface area contributed by atoms with E-state index in [0.29, 0.717) is 37.7 Å². The molecule has 0 spiro atoms. The van der Waals surface area contributed by atoms with Gasteiger partial charge in [0.2, 0.25) is 11.8 Å². The number of ether oxygens (including phenoxy) is 3. The zero-order chi connectivity index (χ0) is 22.8. The number of carbonyl (C=O) groups is 1. The predicted molar refractivity (Wildman–Crippen MR) is 121 cm³/mol. The van der Waals surface area contributed by atoms with Gasteiger partial charge >= 0.3 is 0 Å². The van der Waals surface area contributed by atoms with Gasteiger partial charge in [-0.2, -0.15) is 5.26 Å². The fraction of sp³-hybridized carbons (Fsp3) is 0.360. The first kappa shape index (κ1) is 21.2. The van der Waals surface area contributed by atoms with Crippen LogP contribution >= 0.6 is 0 Å². The van der Waals surface area contributed by atoms with Crippen LogP contribution in [-0.4, -0.2) is 60.3 Å². The third-order valence-electron chi connectivity index (χ3n) is 6.23. The Labute approximate surface area is 191 Å². The molecule has 1 amide bonds. The number of nitrogens with zero attached hydrogens (tertiary/aromatic N) is 4. The number of carbonyl (C=O) groups excluding carboxylic acids is 1. The number of amides is 1. The summed E-state index contributed by atoms with van der Waals surface area (Å²) in [5.74, 6) is 1.17. The molecule has 0 bridgehead atoms. The zero-order valence-corrected chi connectivity index (χ0v) is 18.4. The summed E-state index contributed by atoms with van der Waals surface area (Å²) in [6.07, 6.45) is 4.97. The molecule has 2 atom stereocenters. The van der Waals surface area contributed by atoms with Gasteiger partial charge in [0, 0.05) is 42.9 Å². The van der Waals surface area contributed by atoms with Crippen molar-refractivity contribution in [2.24, 2.45) is 5.92 Å². The average Bonchev–Trinajstić information content (AvgIpc) is 3.55. The van der Waals surface area contributed by atoms with Gasteiger partial charge < -0.3 is 19.1 Å². The highest BCUT2D eigenvalue weighted by atomic mass is 16.5. The molecule has 4 heterocycles. The largest absolute Gasteiger partial charge is 0.488 e. The van der Waals surface area contributed by atoms with Gasteiger partial charge in [-0.15, -0.1) is 0 Å². The molecule has 2 aliphatic rings. The van der Waals surface area contributed by atoms with Gasteiger partial charge in [0.25, 0.3) is 0 Å². The topological polar surface area (TPSA) is 97.6 Å². The second-order valence-corrected chi connectivity index (χ2v) is 8.30. The van der Waals surface area contributed by atoms with E-state index in [9.17, 15) is 10.1 Å². The van der Waals surface area contributed by atoms with Crippen LogP contribution in [0.4, 0.5) is 0 Å². The molecule has 0 saturated carbocycles. The molecule has 168 valence electrons. The smallest absolute Gasteiger partial charge is 0.231 e. The fourth-order valence-corrected chi connectivity index (χ4v) is 4.50. The van der Waals surface area contributed by atoms with E-state index in [-0.39, 0.29) is 17.9 Å². The molecule has 0 aliphatic carbocycles. The van der Waals surface area contributed by atoms with E-state index in [0.717, 1.165) is 40.6 Å². The number of pyridine rings is 2. The molecular weight excluding hydrogens is 420 g/mol. The van der Waals surface area contributed by atoms with E-state index in [1.165, 1.54) is 7.11 Å². The van der Waals surface area contributed by atoms with Crippen molar-refractivity contribution in [1.29, 1.82) is 5.26 Å². The van der Waals surface area contributed by atoms with Crippen LogP contribution in [0.1, 0.15) is 18.4 Å². The highest BCUT2D eigenvalue weighted by Crippen LogP contribution is 2.32. The molecule has 33 heavy (non-hydrogen) atoms. The molecule has 8 nitrogen and oxygen atoms in total. The lowest BCUT2D eigenvalue weighted by Gasteiger charge is -2.20. The number of benzene rings is 1. The lowest BCUT2D eigenvalue weighted by atomic mass is 10.0. The van der Waals surface area contributed by atoms with Crippen LogP contribution in [0.15, 0.2) is 42.7 Å². The van der Waals surface area contributed by atoms with Crippen molar-refractivity contribution in [2.45, 2.75) is 18.9 Å². The molecule has 2 aliphatic heterocycles. The number of fused-ring (bicyclic) bond motifs is 1. The maximum Gasteiger partial charge on any atom is 0.231 e. The minimum Gasteiger partial charge on any atom is -0.488 e. The van der Waals surface area contributed by atoms with Gasteiger partial charge in [-0.05, 0) is 42.3 Å². The second kappa shape index (κ2) is 9.04. The molecule has 2 saturated heterocycles. The van der Waals surface area contributed by atoms with Crippen LogP contribution in [0.3, 0.4) is 0 Å². The number of methoxy groups -OCH3 is 1. The van der Waals surface area contributed by atoms with Crippen molar-refractivity contribution in [3.8, 4) is 28.8 Å². The minimum absolute atomic E-state index is 0.0190. The van der Waals surface area contributed by atoms with Crippen molar-refractivity contribution in [2.75, 3.05) is 33.4 Å². The molecule has 1 aromatic carbocycles. The maximum atomic E-state index is 12.7. The second-order valence-electron chi connectivity index (χ2n) is 8.30. The van der Waals surface area contributed by atoms with E-state index >= 15 is 0 Å². The number of rotatable bonds is 5. The third kappa shape index (κ3) is 4.20. The Morgan fingerprint density at radius 2 is 2.15 bits per heavy atom. The fourth-order valence-electron chi connectivity index (χ4n) is 4.50. The van der Waals surface area contributed by atoms with E-state index in [1.54, 1.807) is 18.5 Å². The molecule has 2 fully saturated rings. The number of hydrogen-bond acceptors (Lipinski definition) is 7. The molecule has 3 aromatic rings. The van der Waals surface area contributed by atoms with Crippen molar-refractivity contribution in [3.05, 3.63) is 48.3 Å². The van der Waals surface area contributed by atoms with Crippen molar-refractivity contribution >= 4 is 16.8 Å². The first-order valence-corrected chi connectivity index (χ1v) is 11.0. The van der Waals surface area contributed by atoms with E-state index in [1.807, 2.05) is 29.2 Å². The molecule has 5 rings (SSSR count). The van der Waals surface area contributed by atoms with Crippen LogP contribution in [0, 0.1) is 17.2 Å². The van der Waals surface area contributed by atoms with E-state index < -0.39 is 0 Å². The number of nitriles is 1. The van der Waals surface area contributed by atoms with Crippen molar-refractivity contribution in [1.82, 2.24) is 14.9 Å². The summed E-state index contributed by atoms with van der Waals surface area (Å²) in [7, 11) is 1.49. The van der Waals surface area contributed by atoms with Gasteiger partial charge in [-0.3, -0.25) is 9.78 Å². The van der Waals surface area contributed by atoms with E-state index in [2.05, 4.69) is 16.0 Å². The van der Waals surface area contributed by atoms with Crippen molar-refractivity contribution in [3.63, 3.8) is 0 Å². The number of hydrogen-bond donors (Lipinski definition) is 0. The standard InChI is InChI=1S/C25H24N4O4/c1-31-24-17(12-26)10-18(13-28-24)21-4-7-27-23-3-2-19(11-22(21)23)33-20-5-8-29(14-20)25(30)16-6-9-32-15-16/h2-4,7,10-11,13,16,20H,5-6,8-9,14-15H2,1H3. The lowest BCUT2D eigenvalue weighted by molar-refractivity contribution is -0.134. The average molecular weight is 444 g/mol. The highest BCUT2D eigenvalue weighted by molar-refractivity contribution is 5.95. The van der Waals surface area contributed by atoms with Gasteiger partial charge in [0.1, 0.15) is 23.5 Å². The summed E-state index contributed by atoms with van der Waals surface area (Å²) in [4.78, 5) is 23.3. The van der Waals surface area contributed by atoms with Crippen LogP contribution in [0.25, 0.3) is 22.0 Å². The Morgan fingerprint density at radius 1 is 1.24 bits per heavy atom. The number of likely N-dealkylation sites (tertiary alicyclic amines) is 1. The Balaban J connectivity index is 1.38. The molecule has 8 heteroatoms. The lowest BCUT2D eigenvalue weighted by Crippen LogP contribution is -2.36. The van der Waals surface area contributed by atoms with Crippen LogP contribution in [0.5, 0.6) is 11.6 Å².